The van der Waals surface area contributed by atoms with Gasteiger partial charge in [-0.3, -0.25) is 0 Å². The molecule has 10 heteroatoms. The van der Waals surface area contributed by atoms with Gasteiger partial charge in [-0.1, -0.05) is 23.3 Å². The zero-order valence-corrected chi connectivity index (χ0v) is 33.0. The minimum absolute atomic E-state index is 0.0262. The summed E-state index contributed by atoms with van der Waals surface area (Å²) >= 11 is 0. The lowest BCUT2D eigenvalue weighted by Crippen LogP contribution is -2.72. The summed E-state index contributed by atoms with van der Waals surface area (Å²) in [6.07, 6.45) is 0. The van der Waals surface area contributed by atoms with Crippen molar-refractivity contribution in [3.63, 3.8) is 0 Å². The van der Waals surface area contributed by atoms with Crippen LogP contribution >= 0.6 is 0 Å². The van der Waals surface area contributed by atoms with E-state index >= 15 is 0 Å². The zero-order valence-electron chi connectivity index (χ0n) is 32.0. The third kappa shape index (κ3) is 5.44. The highest BCUT2D eigenvalue weighted by Gasteiger charge is 2.56. The van der Waals surface area contributed by atoms with Crippen LogP contribution in [0.5, 0.6) is 51.7 Å². The van der Waals surface area contributed by atoms with Gasteiger partial charge >= 0.3 is 0 Å². The summed E-state index contributed by atoms with van der Waals surface area (Å²) in [5.41, 5.74) is 6.57. The highest BCUT2D eigenvalue weighted by atomic mass is 28.3. The fourth-order valence-electron chi connectivity index (χ4n) is 7.98. The van der Waals surface area contributed by atoms with Gasteiger partial charge in [0.25, 0.3) is 0 Å². The van der Waals surface area contributed by atoms with E-state index in [1.54, 1.807) is 64.0 Å². The fraction of sp³-hybridized carbons (Fsp3) is 0.436. The monoisotopic (exact) mass is 692 g/mol. The van der Waals surface area contributed by atoms with Crippen LogP contribution in [0.2, 0.25) is 0 Å². The summed E-state index contributed by atoms with van der Waals surface area (Å²) in [6.45, 7) is 15.2. The van der Waals surface area contributed by atoms with Gasteiger partial charge in [-0.15, -0.1) is 0 Å². The topological polar surface area (TPSA) is 83.1 Å². The van der Waals surface area contributed by atoms with Gasteiger partial charge in [0.2, 0.25) is 17.2 Å². The summed E-state index contributed by atoms with van der Waals surface area (Å²) < 4.78 is 55.3. The first-order chi connectivity index (χ1) is 23.4. The average Bonchev–Trinajstić information content (AvgIpc) is 3.29. The summed E-state index contributed by atoms with van der Waals surface area (Å²) in [7, 11) is 11.1. The van der Waals surface area contributed by atoms with E-state index in [2.05, 4.69) is 48.5 Å². The Labute approximate surface area is 292 Å². The van der Waals surface area contributed by atoms with E-state index in [1.807, 2.05) is 18.2 Å². The summed E-state index contributed by atoms with van der Waals surface area (Å²) in [6, 6.07) is 6.06. The van der Waals surface area contributed by atoms with E-state index in [4.69, 9.17) is 42.6 Å². The Morgan fingerprint density at radius 3 is 0.898 bits per heavy atom. The molecule has 49 heavy (non-hydrogen) atoms. The number of ether oxygens (including phenoxy) is 9. The van der Waals surface area contributed by atoms with E-state index in [9.17, 15) is 0 Å². The van der Waals surface area contributed by atoms with E-state index in [-0.39, 0.29) is 5.92 Å². The van der Waals surface area contributed by atoms with Crippen LogP contribution in [-0.4, -0.2) is 72.1 Å². The van der Waals surface area contributed by atoms with Crippen LogP contribution in [-0.2, 0) is 0 Å². The van der Waals surface area contributed by atoms with Gasteiger partial charge in [0, 0.05) is 15.6 Å². The van der Waals surface area contributed by atoms with Crippen LogP contribution in [0.15, 0.2) is 40.1 Å². The molecule has 1 unspecified atom stereocenters. The smallest absolute Gasteiger partial charge is 0.203 e. The van der Waals surface area contributed by atoms with Crippen LogP contribution in [0.3, 0.4) is 0 Å². The minimum atomic E-state index is -3.72. The largest absolute Gasteiger partial charge is 0.493 e. The Hall–Kier alpha value is -4.44. The molecule has 0 heterocycles. The molecule has 9 nitrogen and oxygen atoms in total. The molecule has 0 aliphatic heterocycles. The Bertz CT molecular complexity index is 1650. The van der Waals surface area contributed by atoms with Crippen molar-refractivity contribution < 1.29 is 42.6 Å². The van der Waals surface area contributed by atoms with Gasteiger partial charge in [0.05, 0.1) is 64.0 Å². The first kappa shape index (κ1) is 37.4. The lowest BCUT2D eigenvalue weighted by atomic mass is 10.1. The molecule has 3 aromatic carbocycles. The second-order valence-electron chi connectivity index (χ2n) is 12.3. The van der Waals surface area contributed by atoms with E-state index < -0.39 is 8.07 Å². The second kappa shape index (κ2) is 14.6. The fourth-order valence-corrected chi connectivity index (χ4v) is 14.8. The molecule has 1 aliphatic rings. The highest BCUT2D eigenvalue weighted by molar-refractivity contribution is 7.18. The standard InChI is InChI=1S/C39H52O9Si/c1-20-17-27(40-8)30(43-11)33(46-14)36(20)49(39-25(6)23(4)24(5)26(39)7,37-21(2)18-28(41-9)31(44-12)34(37)47-15)38-22(3)19-29(42-10)32(45-13)35(38)48-16/h17-19,25H,1-16H3. The first-order valence-electron chi connectivity index (χ1n) is 16.1. The molecule has 0 bridgehead atoms. The molecule has 266 valence electrons. The SMILES string of the molecule is COc1cc(C)c([Si](C2=C(C)C(C)=C(C)C2C)(c2c(C)cc(OC)c(OC)c2OC)c2c(C)cc(OC)c(OC)c2OC)c(OC)c1OC. The van der Waals surface area contributed by atoms with Crippen LogP contribution in [0, 0.1) is 26.7 Å². The number of hydrogen-bond donors (Lipinski definition) is 0. The third-order valence-corrected chi connectivity index (χ3v) is 16.0. The van der Waals surface area contributed by atoms with E-state index in [0.29, 0.717) is 51.7 Å². The van der Waals surface area contributed by atoms with Crippen molar-refractivity contribution in [3.05, 3.63) is 56.8 Å². The van der Waals surface area contributed by atoms with Gasteiger partial charge < -0.3 is 42.6 Å². The quantitative estimate of drug-likeness (QED) is 0.158. The van der Waals surface area contributed by atoms with Crippen molar-refractivity contribution in [3.8, 4) is 51.7 Å². The lowest BCUT2D eigenvalue weighted by Gasteiger charge is -2.43. The first-order valence-corrected chi connectivity index (χ1v) is 18.1. The zero-order chi connectivity index (χ0) is 36.5. The highest BCUT2D eigenvalue weighted by Crippen LogP contribution is 2.50. The molecule has 0 radical (unpaired) electrons. The van der Waals surface area contributed by atoms with Gasteiger partial charge in [-0.25, -0.2) is 0 Å². The minimum Gasteiger partial charge on any atom is -0.493 e. The van der Waals surface area contributed by atoms with Crippen LogP contribution < -0.4 is 58.2 Å². The number of allylic oxidation sites excluding steroid dienone is 4. The van der Waals surface area contributed by atoms with Crippen LogP contribution in [0.1, 0.15) is 44.4 Å². The molecular weight excluding hydrogens is 641 g/mol. The maximum atomic E-state index is 6.45. The van der Waals surface area contributed by atoms with Crippen LogP contribution in [0.4, 0.5) is 0 Å². The van der Waals surface area contributed by atoms with Crippen molar-refractivity contribution in [2.75, 3.05) is 64.0 Å². The maximum absolute atomic E-state index is 6.45. The summed E-state index contributed by atoms with van der Waals surface area (Å²) in [5.74, 6) is 4.86. The van der Waals surface area contributed by atoms with Gasteiger partial charge in [-0.2, -0.15) is 0 Å². The van der Waals surface area contributed by atoms with E-state index in [1.165, 1.54) is 21.9 Å². The van der Waals surface area contributed by atoms with Crippen LogP contribution in [0.25, 0.3) is 0 Å². The van der Waals surface area contributed by atoms with Crippen molar-refractivity contribution in [2.45, 2.75) is 48.5 Å². The average molecular weight is 693 g/mol. The van der Waals surface area contributed by atoms with Crippen molar-refractivity contribution in [1.29, 1.82) is 0 Å². The number of benzene rings is 3. The Morgan fingerprint density at radius 1 is 0.408 bits per heavy atom. The van der Waals surface area contributed by atoms with Gasteiger partial charge in [0.1, 0.15) is 0 Å². The van der Waals surface area contributed by atoms with Crippen molar-refractivity contribution in [2.24, 2.45) is 5.92 Å². The Morgan fingerprint density at radius 2 is 0.694 bits per heavy atom. The number of aryl methyl sites for hydroxylation is 3. The lowest BCUT2D eigenvalue weighted by molar-refractivity contribution is 0.324. The predicted octanol–water partition coefficient (Wildman–Crippen LogP) is 6.00. The molecular formula is C39H52O9Si. The number of rotatable bonds is 13. The molecule has 0 aromatic heterocycles. The van der Waals surface area contributed by atoms with Crippen molar-refractivity contribution >= 4 is 23.6 Å². The number of methoxy groups -OCH3 is 9. The van der Waals surface area contributed by atoms with E-state index in [0.717, 1.165) is 32.3 Å². The molecule has 1 atom stereocenters. The molecule has 4 rings (SSSR count). The molecule has 0 N–H and O–H groups in total. The molecule has 1 aliphatic carbocycles. The predicted molar refractivity (Wildman–Crippen MR) is 197 cm³/mol. The Kier molecular flexibility index (Phi) is 11.1. The maximum Gasteiger partial charge on any atom is 0.203 e. The number of hydrogen-bond acceptors (Lipinski definition) is 9. The normalized spacial score (nSPS) is 14.6. The Balaban J connectivity index is 2.61. The molecule has 0 fully saturated rings. The molecule has 0 saturated carbocycles. The van der Waals surface area contributed by atoms with Crippen molar-refractivity contribution in [1.82, 2.24) is 0 Å². The molecule has 3 aromatic rings. The third-order valence-electron chi connectivity index (χ3n) is 10.3. The molecule has 0 spiro atoms. The van der Waals surface area contributed by atoms with Gasteiger partial charge in [0.15, 0.2) is 42.6 Å². The summed E-state index contributed by atoms with van der Waals surface area (Å²) in [5, 5.41) is 4.12. The second-order valence-corrected chi connectivity index (χ2v) is 15.9. The summed E-state index contributed by atoms with van der Waals surface area (Å²) in [4.78, 5) is 0. The van der Waals surface area contributed by atoms with Gasteiger partial charge in [-0.05, 0) is 87.9 Å². The molecule has 0 amide bonds. The molecule has 0 saturated heterocycles.